The molecule has 0 aliphatic carbocycles. The SMILES string of the molecule is CCCc1noc(CCCC(=O)NCCn2c(C)nc3ccccc32)n1. The van der Waals surface area contributed by atoms with Crippen molar-refractivity contribution in [1.29, 1.82) is 0 Å². The van der Waals surface area contributed by atoms with Gasteiger partial charge >= 0.3 is 0 Å². The van der Waals surface area contributed by atoms with Crippen LogP contribution in [0.25, 0.3) is 11.0 Å². The molecule has 0 aliphatic heterocycles. The summed E-state index contributed by atoms with van der Waals surface area (Å²) in [5.74, 6) is 2.36. The van der Waals surface area contributed by atoms with Crippen molar-refractivity contribution >= 4 is 16.9 Å². The zero-order valence-electron chi connectivity index (χ0n) is 15.4. The summed E-state index contributed by atoms with van der Waals surface area (Å²) in [4.78, 5) is 20.9. The molecule has 0 bridgehead atoms. The van der Waals surface area contributed by atoms with E-state index in [-0.39, 0.29) is 5.91 Å². The van der Waals surface area contributed by atoms with Crippen molar-refractivity contribution in [2.75, 3.05) is 6.54 Å². The highest BCUT2D eigenvalue weighted by Gasteiger charge is 2.09. The fourth-order valence-electron chi connectivity index (χ4n) is 2.99. The quantitative estimate of drug-likeness (QED) is 0.638. The van der Waals surface area contributed by atoms with Crippen LogP contribution in [0.3, 0.4) is 0 Å². The second kappa shape index (κ2) is 8.60. The van der Waals surface area contributed by atoms with Gasteiger partial charge in [0, 0.05) is 32.4 Å². The highest BCUT2D eigenvalue weighted by molar-refractivity contribution is 5.76. The van der Waals surface area contributed by atoms with Gasteiger partial charge in [0.15, 0.2) is 5.82 Å². The monoisotopic (exact) mass is 355 g/mol. The van der Waals surface area contributed by atoms with Gasteiger partial charge in [-0.1, -0.05) is 24.2 Å². The summed E-state index contributed by atoms with van der Waals surface area (Å²) >= 11 is 0. The van der Waals surface area contributed by atoms with Gasteiger partial charge in [0.2, 0.25) is 11.8 Å². The number of aromatic nitrogens is 4. The lowest BCUT2D eigenvalue weighted by Crippen LogP contribution is -2.27. The molecule has 138 valence electrons. The zero-order valence-corrected chi connectivity index (χ0v) is 15.4. The van der Waals surface area contributed by atoms with Gasteiger partial charge in [-0.25, -0.2) is 4.98 Å². The Morgan fingerprint density at radius 3 is 2.92 bits per heavy atom. The maximum atomic E-state index is 12.0. The number of amides is 1. The Labute approximate surface area is 152 Å². The lowest BCUT2D eigenvalue weighted by molar-refractivity contribution is -0.121. The van der Waals surface area contributed by atoms with Crippen LogP contribution in [0.4, 0.5) is 0 Å². The van der Waals surface area contributed by atoms with Crippen molar-refractivity contribution in [2.45, 2.75) is 52.5 Å². The van der Waals surface area contributed by atoms with E-state index in [0.29, 0.717) is 38.2 Å². The molecule has 1 N–H and O–H groups in total. The highest BCUT2D eigenvalue weighted by atomic mass is 16.5. The summed E-state index contributed by atoms with van der Waals surface area (Å²) in [5, 5.41) is 6.89. The number of para-hydroxylation sites is 2. The number of carbonyl (C=O) groups is 1. The van der Waals surface area contributed by atoms with Gasteiger partial charge in [0.1, 0.15) is 5.82 Å². The minimum atomic E-state index is 0.0420. The summed E-state index contributed by atoms with van der Waals surface area (Å²) in [6.07, 6.45) is 3.61. The number of imidazole rings is 1. The molecule has 26 heavy (non-hydrogen) atoms. The number of fused-ring (bicyclic) bond motifs is 1. The molecule has 2 heterocycles. The molecule has 3 aromatic rings. The molecule has 7 heteroatoms. The van der Waals surface area contributed by atoms with E-state index in [4.69, 9.17) is 4.52 Å². The largest absolute Gasteiger partial charge is 0.354 e. The summed E-state index contributed by atoms with van der Waals surface area (Å²) in [6.45, 7) is 5.36. The first kappa shape index (κ1) is 18.1. The van der Waals surface area contributed by atoms with Gasteiger partial charge in [-0.2, -0.15) is 4.98 Å². The van der Waals surface area contributed by atoms with E-state index in [0.717, 1.165) is 35.5 Å². The average molecular weight is 355 g/mol. The van der Waals surface area contributed by atoms with Crippen LogP contribution in [0.15, 0.2) is 28.8 Å². The molecule has 0 atom stereocenters. The van der Waals surface area contributed by atoms with Gasteiger partial charge in [0.05, 0.1) is 11.0 Å². The van der Waals surface area contributed by atoms with Crippen LogP contribution >= 0.6 is 0 Å². The zero-order chi connectivity index (χ0) is 18.4. The number of aryl methyl sites for hydroxylation is 3. The predicted molar refractivity (Wildman–Crippen MR) is 98.7 cm³/mol. The molecule has 2 aromatic heterocycles. The van der Waals surface area contributed by atoms with Crippen molar-refractivity contribution < 1.29 is 9.32 Å². The molecule has 0 saturated carbocycles. The van der Waals surface area contributed by atoms with E-state index >= 15 is 0 Å². The molecule has 0 aliphatic rings. The summed E-state index contributed by atoms with van der Waals surface area (Å²) in [7, 11) is 0. The van der Waals surface area contributed by atoms with E-state index in [2.05, 4.69) is 31.9 Å². The molecule has 7 nitrogen and oxygen atoms in total. The number of rotatable bonds is 9. The molecule has 0 unspecified atom stereocenters. The van der Waals surface area contributed by atoms with Crippen molar-refractivity contribution in [2.24, 2.45) is 0 Å². The molecule has 0 radical (unpaired) electrons. The maximum absolute atomic E-state index is 12.0. The summed E-state index contributed by atoms with van der Waals surface area (Å²) < 4.78 is 7.31. The maximum Gasteiger partial charge on any atom is 0.226 e. The van der Waals surface area contributed by atoms with Gasteiger partial charge < -0.3 is 14.4 Å². The van der Waals surface area contributed by atoms with Gasteiger partial charge in [-0.3, -0.25) is 4.79 Å². The van der Waals surface area contributed by atoms with E-state index in [1.165, 1.54) is 0 Å². The van der Waals surface area contributed by atoms with Crippen LogP contribution in [-0.2, 0) is 24.2 Å². The first-order valence-electron chi connectivity index (χ1n) is 9.17. The van der Waals surface area contributed by atoms with E-state index in [1.54, 1.807) is 0 Å². The standard InChI is InChI=1S/C19H25N5O2/c1-3-7-17-22-19(26-23-17)11-6-10-18(25)20-12-13-24-14(2)21-15-8-4-5-9-16(15)24/h4-5,8-9H,3,6-7,10-13H2,1-2H3,(H,20,25). The van der Waals surface area contributed by atoms with Crippen molar-refractivity contribution in [3.63, 3.8) is 0 Å². The van der Waals surface area contributed by atoms with E-state index in [9.17, 15) is 4.79 Å². The fourth-order valence-corrected chi connectivity index (χ4v) is 2.99. The van der Waals surface area contributed by atoms with Crippen molar-refractivity contribution in [3.05, 3.63) is 41.8 Å². The third kappa shape index (κ3) is 4.47. The Kier molecular flexibility index (Phi) is 5.99. The van der Waals surface area contributed by atoms with Crippen molar-refractivity contribution in [3.8, 4) is 0 Å². The number of hydrogen-bond acceptors (Lipinski definition) is 5. The molecular formula is C19H25N5O2. The lowest BCUT2D eigenvalue weighted by atomic mass is 10.2. The summed E-state index contributed by atoms with van der Waals surface area (Å²) in [5.41, 5.74) is 2.08. The molecule has 1 aromatic carbocycles. The Morgan fingerprint density at radius 1 is 1.23 bits per heavy atom. The normalized spacial score (nSPS) is 11.2. The molecule has 1 amide bonds. The van der Waals surface area contributed by atoms with Crippen LogP contribution in [-0.4, -0.2) is 32.1 Å². The summed E-state index contributed by atoms with van der Waals surface area (Å²) in [6, 6.07) is 8.03. The average Bonchev–Trinajstić information content (AvgIpc) is 3.20. The van der Waals surface area contributed by atoms with Crippen LogP contribution in [0.1, 0.15) is 43.7 Å². The van der Waals surface area contributed by atoms with Gasteiger partial charge in [0.25, 0.3) is 0 Å². The Balaban J connectivity index is 1.40. The third-order valence-electron chi connectivity index (χ3n) is 4.28. The molecule has 3 rings (SSSR count). The first-order valence-corrected chi connectivity index (χ1v) is 9.17. The van der Waals surface area contributed by atoms with Gasteiger partial charge in [-0.15, -0.1) is 0 Å². The minimum Gasteiger partial charge on any atom is -0.354 e. The Bertz CT molecular complexity index is 868. The fraction of sp³-hybridized carbons (Fsp3) is 0.474. The number of nitrogens with zero attached hydrogens (tertiary/aromatic N) is 4. The number of benzene rings is 1. The van der Waals surface area contributed by atoms with E-state index in [1.807, 2.05) is 31.2 Å². The van der Waals surface area contributed by atoms with Gasteiger partial charge in [-0.05, 0) is 31.9 Å². The predicted octanol–water partition coefficient (Wildman–Crippen LogP) is 2.82. The van der Waals surface area contributed by atoms with Crippen molar-refractivity contribution in [1.82, 2.24) is 25.0 Å². The molecule has 0 fully saturated rings. The number of carbonyl (C=O) groups excluding carboxylic acids is 1. The Morgan fingerprint density at radius 2 is 2.08 bits per heavy atom. The van der Waals surface area contributed by atoms with Crippen LogP contribution in [0.5, 0.6) is 0 Å². The molecule has 0 saturated heterocycles. The molecule has 0 spiro atoms. The van der Waals surface area contributed by atoms with Crippen LogP contribution in [0, 0.1) is 6.92 Å². The number of hydrogen-bond donors (Lipinski definition) is 1. The van der Waals surface area contributed by atoms with E-state index < -0.39 is 0 Å². The second-order valence-electron chi connectivity index (χ2n) is 6.36. The smallest absolute Gasteiger partial charge is 0.226 e. The second-order valence-corrected chi connectivity index (χ2v) is 6.36. The Hall–Kier alpha value is -2.70. The third-order valence-corrected chi connectivity index (χ3v) is 4.28. The highest BCUT2D eigenvalue weighted by Crippen LogP contribution is 2.14. The minimum absolute atomic E-state index is 0.0420. The van der Waals surface area contributed by atoms with Crippen LogP contribution < -0.4 is 5.32 Å². The number of nitrogens with one attached hydrogen (secondary N) is 1. The lowest BCUT2D eigenvalue weighted by Gasteiger charge is -2.08. The molecular weight excluding hydrogens is 330 g/mol. The topological polar surface area (TPSA) is 85.8 Å². The van der Waals surface area contributed by atoms with Crippen LogP contribution in [0.2, 0.25) is 0 Å². The first-order chi connectivity index (χ1) is 12.7.